The maximum absolute atomic E-state index is 12.5. The van der Waals surface area contributed by atoms with Crippen molar-refractivity contribution in [1.82, 2.24) is 20.9 Å². The van der Waals surface area contributed by atoms with E-state index in [1.165, 1.54) is 4.90 Å². The largest absolute Gasteiger partial charge is 0.497 e. The van der Waals surface area contributed by atoms with Crippen molar-refractivity contribution in [2.24, 2.45) is 5.92 Å². The van der Waals surface area contributed by atoms with Crippen LogP contribution in [-0.4, -0.2) is 42.7 Å². The van der Waals surface area contributed by atoms with Gasteiger partial charge in [-0.1, -0.05) is 25.5 Å². The van der Waals surface area contributed by atoms with Gasteiger partial charge in [0.2, 0.25) is 5.91 Å². The van der Waals surface area contributed by atoms with Crippen molar-refractivity contribution >= 4 is 18.0 Å². The number of benzene rings is 1. The molecule has 0 bridgehead atoms. The fraction of sp³-hybridized carbons (Fsp3) is 0.471. The van der Waals surface area contributed by atoms with Crippen molar-refractivity contribution in [3.8, 4) is 5.75 Å². The maximum Gasteiger partial charge on any atom is 0.325 e. The van der Waals surface area contributed by atoms with Gasteiger partial charge in [-0.05, 0) is 24.1 Å². The molecule has 8 heteroatoms. The van der Waals surface area contributed by atoms with Crippen LogP contribution in [0.2, 0.25) is 0 Å². The molecule has 2 aliphatic rings. The monoisotopic (exact) mass is 346 g/mol. The van der Waals surface area contributed by atoms with E-state index in [2.05, 4.69) is 16.0 Å². The Morgan fingerprint density at radius 1 is 1.20 bits per heavy atom. The molecule has 3 rings (SSSR count). The topological polar surface area (TPSA) is 99.8 Å². The number of nitrogens with zero attached hydrogens (tertiary/aromatic N) is 1. The van der Waals surface area contributed by atoms with Gasteiger partial charge >= 0.3 is 12.1 Å². The number of nitrogens with one attached hydrogen (secondary N) is 3. The zero-order valence-corrected chi connectivity index (χ0v) is 14.2. The molecular weight excluding hydrogens is 324 g/mol. The average Bonchev–Trinajstić information content (AvgIpc) is 2.60. The number of imide groups is 1. The summed E-state index contributed by atoms with van der Waals surface area (Å²) in [4.78, 5) is 38.4. The van der Waals surface area contributed by atoms with E-state index >= 15 is 0 Å². The highest BCUT2D eigenvalue weighted by Crippen LogP contribution is 2.33. The minimum absolute atomic E-state index is 0.400. The van der Waals surface area contributed by atoms with Crippen LogP contribution in [0.3, 0.4) is 0 Å². The van der Waals surface area contributed by atoms with E-state index in [-0.39, 0.29) is 0 Å². The normalized spacial score (nSPS) is 25.6. The summed E-state index contributed by atoms with van der Waals surface area (Å²) in [5.41, 5.74) is 0.754. The van der Waals surface area contributed by atoms with Crippen molar-refractivity contribution in [2.45, 2.75) is 32.0 Å². The summed E-state index contributed by atoms with van der Waals surface area (Å²) in [5.74, 6) is -0.389. The molecule has 2 saturated heterocycles. The number of methoxy groups -OCH3 is 1. The second kappa shape index (κ2) is 7.00. The Morgan fingerprint density at radius 3 is 2.72 bits per heavy atom. The van der Waals surface area contributed by atoms with Crippen LogP contribution in [0.1, 0.15) is 31.4 Å². The minimum Gasteiger partial charge on any atom is -0.497 e. The summed E-state index contributed by atoms with van der Waals surface area (Å²) >= 11 is 0. The van der Waals surface area contributed by atoms with E-state index < -0.39 is 36.1 Å². The third kappa shape index (κ3) is 3.24. The van der Waals surface area contributed by atoms with E-state index in [4.69, 9.17) is 4.74 Å². The highest BCUT2D eigenvalue weighted by molar-refractivity contribution is 6.00. The van der Waals surface area contributed by atoms with Crippen molar-refractivity contribution in [2.75, 3.05) is 13.7 Å². The Hall–Kier alpha value is -2.77. The number of hydrogen-bond acceptors (Lipinski definition) is 4. The number of fused-ring (bicyclic) bond motifs is 1. The highest BCUT2D eigenvalue weighted by Gasteiger charge is 2.49. The summed E-state index contributed by atoms with van der Waals surface area (Å²) in [7, 11) is 1.56. The SMILES string of the molecule is CCCCN1C(=O)NC(=O)C2C(c3cccc(OC)c3)NC(=O)NC21. The Labute approximate surface area is 145 Å². The molecule has 1 aromatic rings. The standard InChI is InChI=1S/C17H22N4O4/c1-3-4-8-21-14-12(15(22)20-17(21)24)13(18-16(23)19-14)10-6-5-7-11(9-10)25-2/h5-7,9,12-14H,3-4,8H2,1-2H3,(H2,18,19,23)(H,20,22,24). The molecule has 8 nitrogen and oxygen atoms in total. The van der Waals surface area contributed by atoms with Gasteiger partial charge in [0.1, 0.15) is 17.8 Å². The van der Waals surface area contributed by atoms with Gasteiger partial charge in [-0.15, -0.1) is 0 Å². The molecule has 0 aromatic heterocycles. The molecule has 3 unspecified atom stereocenters. The predicted octanol–water partition coefficient (Wildman–Crippen LogP) is 1.34. The summed E-state index contributed by atoms with van der Waals surface area (Å²) in [5, 5.41) is 7.94. The first kappa shape index (κ1) is 17.1. The second-order valence-corrected chi connectivity index (χ2v) is 6.18. The summed E-state index contributed by atoms with van der Waals surface area (Å²) in [6.45, 7) is 2.49. The van der Waals surface area contributed by atoms with Crippen LogP contribution < -0.4 is 20.7 Å². The fourth-order valence-electron chi connectivity index (χ4n) is 3.33. The first-order chi connectivity index (χ1) is 12.0. The number of urea groups is 2. The molecule has 0 spiro atoms. The number of unbranched alkanes of at least 4 members (excludes halogenated alkanes) is 1. The van der Waals surface area contributed by atoms with Crippen molar-refractivity contribution in [3.05, 3.63) is 29.8 Å². The third-order valence-electron chi connectivity index (χ3n) is 4.60. The lowest BCUT2D eigenvalue weighted by Gasteiger charge is -2.46. The molecule has 1 aromatic carbocycles. The van der Waals surface area contributed by atoms with Gasteiger partial charge in [0.15, 0.2) is 0 Å². The lowest BCUT2D eigenvalue weighted by atomic mass is 9.86. The summed E-state index contributed by atoms with van der Waals surface area (Å²) in [6, 6.07) is 5.79. The highest BCUT2D eigenvalue weighted by atomic mass is 16.5. The maximum atomic E-state index is 12.5. The van der Waals surface area contributed by atoms with Crippen LogP contribution in [0.25, 0.3) is 0 Å². The number of carbonyl (C=O) groups is 3. The van der Waals surface area contributed by atoms with Gasteiger partial charge in [-0.2, -0.15) is 0 Å². The Balaban J connectivity index is 1.95. The van der Waals surface area contributed by atoms with Gasteiger partial charge < -0.3 is 20.3 Å². The molecule has 134 valence electrons. The van der Waals surface area contributed by atoms with Crippen LogP contribution in [0, 0.1) is 5.92 Å². The van der Waals surface area contributed by atoms with E-state index in [1.54, 1.807) is 25.3 Å². The van der Waals surface area contributed by atoms with Gasteiger partial charge in [0, 0.05) is 6.54 Å². The average molecular weight is 346 g/mol. The summed E-state index contributed by atoms with van der Waals surface area (Å²) in [6.07, 6.45) is 1.02. The molecule has 0 saturated carbocycles. The third-order valence-corrected chi connectivity index (χ3v) is 4.60. The van der Waals surface area contributed by atoms with Crippen LogP contribution in [0.15, 0.2) is 24.3 Å². The first-order valence-electron chi connectivity index (χ1n) is 8.37. The summed E-state index contributed by atoms with van der Waals surface area (Å²) < 4.78 is 5.23. The zero-order valence-electron chi connectivity index (χ0n) is 14.2. The van der Waals surface area contributed by atoms with E-state index in [1.807, 2.05) is 13.0 Å². The number of amides is 5. The van der Waals surface area contributed by atoms with E-state index in [0.717, 1.165) is 18.4 Å². The predicted molar refractivity (Wildman–Crippen MR) is 89.8 cm³/mol. The Morgan fingerprint density at radius 2 is 2.00 bits per heavy atom. The number of hydrogen-bond donors (Lipinski definition) is 3. The van der Waals surface area contributed by atoms with Crippen molar-refractivity contribution in [3.63, 3.8) is 0 Å². The number of carbonyl (C=O) groups excluding carboxylic acids is 3. The van der Waals surface area contributed by atoms with Crippen molar-refractivity contribution < 1.29 is 19.1 Å². The van der Waals surface area contributed by atoms with Gasteiger partial charge in [0.05, 0.1) is 13.2 Å². The first-order valence-corrected chi connectivity index (χ1v) is 8.37. The van der Waals surface area contributed by atoms with Gasteiger partial charge in [0.25, 0.3) is 0 Å². The van der Waals surface area contributed by atoms with Crippen LogP contribution in [0.5, 0.6) is 5.75 Å². The molecule has 2 heterocycles. The number of ether oxygens (including phenoxy) is 1. The molecule has 3 atom stereocenters. The molecular formula is C17H22N4O4. The molecule has 0 aliphatic carbocycles. The van der Waals surface area contributed by atoms with Crippen LogP contribution in [0.4, 0.5) is 9.59 Å². The molecule has 3 N–H and O–H groups in total. The van der Waals surface area contributed by atoms with E-state index in [9.17, 15) is 14.4 Å². The van der Waals surface area contributed by atoms with E-state index in [0.29, 0.717) is 12.3 Å². The van der Waals surface area contributed by atoms with Crippen LogP contribution in [-0.2, 0) is 4.79 Å². The smallest absolute Gasteiger partial charge is 0.325 e. The lowest BCUT2D eigenvalue weighted by Crippen LogP contribution is -2.72. The molecule has 0 radical (unpaired) electrons. The molecule has 2 fully saturated rings. The Kier molecular flexibility index (Phi) is 4.78. The fourth-order valence-corrected chi connectivity index (χ4v) is 3.33. The van der Waals surface area contributed by atoms with Crippen molar-refractivity contribution in [1.29, 1.82) is 0 Å². The van der Waals surface area contributed by atoms with Crippen LogP contribution >= 0.6 is 0 Å². The zero-order chi connectivity index (χ0) is 18.0. The number of rotatable bonds is 5. The molecule has 2 aliphatic heterocycles. The lowest BCUT2D eigenvalue weighted by molar-refractivity contribution is -0.130. The second-order valence-electron chi connectivity index (χ2n) is 6.18. The molecule has 5 amide bonds. The van der Waals surface area contributed by atoms with Gasteiger partial charge in [-0.25, -0.2) is 9.59 Å². The minimum atomic E-state index is -0.669. The van der Waals surface area contributed by atoms with Gasteiger partial charge in [-0.3, -0.25) is 10.1 Å². The quantitative estimate of drug-likeness (QED) is 0.749. The molecule has 25 heavy (non-hydrogen) atoms. The Bertz CT molecular complexity index is 693.